The zero-order chi connectivity index (χ0) is 26.6. The molecule has 0 bridgehead atoms. The highest BCUT2D eigenvalue weighted by Gasteiger charge is 2.29. The maximum atomic E-state index is 10.7. The van der Waals surface area contributed by atoms with Gasteiger partial charge in [-0.25, -0.2) is 14.6 Å². The van der Waals surface area contributed by atoms with Crippen molar-refractivity contribution in [2.45, 2.75) is 57.8 Å². The molecule has 0 saturated heterocycles. The Kier molecular flexibility index (Phi) is 7.59. The molecule has 10 nitrogen and oxygen atoms in total. The molecule has 4 aromatic rings. The largest absolute Gasteiger partial charge is 0.497 e. The number of methoxy groups -OCH3 is 3. The topological polar surface area (TPSA) is 108 Å². The highest BCUT2D eigenvalue weighted by atomic mass is 16.5. The number of aryl methyl sites for hydroxylation is 1. The first-order valence-corrected chi connectivity index (χ1v) is 12.9. The van der Waals surface area contributed by atoms with E-state index in [0.29, 0.717) is 35.8 Å². The molecule has 2 heterocycles. The Bertz CT molecular complexity index is 1410. The first-order chi connectivity index (χ1) is 18.5. The van der Waals surface area contributed by atoms with Crippen molar-refractivity contribution in [1.82, 2.24) is 25.0 Å². The van der Waals surface area contributed by atoms with E-state index >= 15 is 0 Å². The zero-order valence-corrected chi connectivity index (χ0v) is 22.3. The van der Waals surface area contributed by atoms with Crippen LogP contribution in [0.1, 0.15) is 48.4 Å². The van der Waals surface area contributed by atoms with E-state index in [1.807, 2.05) is 31.2 Å². The highest BCUT2D eigenvalue weighted by molar-refractivity contribution is 5.82. The summed E-state index contributed by atoms with van der Waals surface area (Å²) in [4.78, 5) is 11.3. The summed E-state index contributed by atoms with van der Waals surface area (Å²) in [6.45, 7) is 3.02. The first kappa shape index (κ1) is 25.7. The fourth-order valence-electron chi connectivity index (χ4n) is 5.17. The first-order valence-electron chi connectivity index (χ1n) is 12.9. The monoisotopic (exact) mass is 518 g/mol. The third-order valence-electron chi connectivity index (χ3n) is 7.21. The lowest BCUT2D eigenvalue weighted by Crippen LogP contribution is -2.28. The van der Waals surface area contributed by atoms with E-state index in [2.05, 4.69) is 37.3 Å². The summed E-state index contributed by atoms with van der Waals surface area (Å²) in [7, 11) is 4.96. The molecule has 10 heteroatoms. The summed E-state index contributed by atoms with van der Waals surface area (Å²) in [6.07, 6.45) is 4.71. The van der Waals surface area contributed by atoms with Gasteiger partial charge in [-0.05, 0) is 43.5 Å². The minimum atomic E-state index is -0.469. The predicted molar refractivity (Wildman–Crippen MR) is 144 cm³/mol. The molecule has 1 N–H and O–H groups in total. The number of hydrogen-bond donors (Lipinski definition) is 1. The third kappa shape index (κ3) is 5.08. The van der Waals surface area contributed by atoms with E-state index in [1.54, 1.807) is 26.0 Å². The Morgan fingerprint density at radius 2 is 1.63 bits per heavy atom. The van der Waals surface area contributed by atoms with Crippen molar-refractivity contribution in [3.8, 4) is 17.2 Å². The van der Waals surface area contributed by atoms with Gasteiger partial charge in [0.1, 0.15) is 23.6 Å². The second-order valence-electron chi connectivity index (χ2n) is 9.67. The van der Waals surface area contributed by atoms with Crippen LogP contribution >= 0.6 is 0 Å². The molecule has 2 aromatic heterocycles. The molecule has 0 spiro atoms. The molecule has 1 aliphatic carbocycles. The smallest absolute Gasteiger partial charge is 0.184 e. The number of rotatable bonds is 9. The number of hydrogen-bond acceptors (Lipinski definition) is 9. The summed E-state index contributed by atoms with van der Waals surface area (Å²) >= 11 is 0. The van der Waals surface area contributed by atoms with Crippen LogP contribution in [0.25, 0.3) is 11.2 Å². The van der Waals surface area contributed by atoms with Crippen LogP contribution in [-0.4, -0.2) is 57.5 Å². The van der Waals surface area contributed by atoms with Gasteiger partial charge in [-0.15, -0.1) is 5.10 Å². The number of benzene rings is 2. The van der Waals surface area contributed by atoms with Gasteiger partial charge in [0.15, 0.2) is 17.0 Å². The van der Waals surface area contributed by atoms with Gasteiger partial charge in [0.2, 0.25) is 0 Å². The molecule has 0 amide bonds. The molecule has 0 aliphatic heterocycles. The minimum Gasteiger partial charge on any atom is -0.497 e. The van der Waals surface area contributed by atoms with Gasteiger partial charge in [-0.2, -0.15) is 0 Å². The summed E-state index contributed by atoms with van der Waals surface area (Å²) in [5, 5.41) is 19.6. The number of nitrogens with zero attached hydrogens (tertiary/aromatic N) is 6. The second kappa shape index (κ2) is 11.2. The molecule has 0 radical (unpaired) electrons. The SMILES string of the molecule is COc1ccc(CN(Cc2ccc(C)cc2OC)c2ncnc3c2nnn3C2CCCCC2O)c(OC)c1. The maximum Gasteiger partial charge on any atom is 0.184 e. The van der Waals surface area contributed by atoms with Crippen LogP contribution in [0.15, 0.2) is 42.7 Å². The van der Waals surface area contributed by atoms with Crippen molar-refractivity contribution in [3.63, 3.8) is 0 Å². The summed E-state index contributed by atoms with van der Waals surface area (Å²) < 4.78 is 18.6. The van der Waals surface area contributed by atoms with Crippen LogP contribution in [0, 0.1) is 6.92 Å². The van der Waals surface area contributed by atoms with Gasteiger partial charge < -0.3 is 24.2 Å². The summed E-state index contributed by atoms with van der Waals surface area (Å²) in [6, 6.07) is 11.8. The Balaban J connectivity index is 1.59. The van der Waals surface area contributed by atoms with E-state index < -0.39 is 6.10 Å². The molecule has 2 aromatic carbocycles. The van der Waals surface area contributed by atoms with Gasteiger partial charge in [-0.3, -0.25) is 0 Å². The third-order valence-corrected chi connectivity index (χ3v) is 7.21. The average Bonchev–Trinajstić information content (AvgIpc) is 3.38. The number of aromatic nitrogens is 5. The van der Waals surface area contributed by atoms with Crippen molar-refractivity contribution < 1.29 is 19.3 Å². The lowest BCUT2D eigenvalue weighted by Gasteiger charge is -2.28. The van der Waals surface area contributed by atoms with Crippen LogP contribution in [0.3, 0.4) is 0 Å². The second-order valence-corrected chi connectivity index (χ2v) is 9.67. The highest BCUT2D eigenvalue weighted by Crippen LogP contribution is 2.34. The van der Waals surface area contributed by atoms with Crippen LogP contribution in [-0.2, 0) is 13.1 Å². The molecule has 1 fully saturated rings. The van der Waals surface area contributed by atoms with Crippen molar-refractivity contribution in [1.29, 1.82) is 0 Å². The zero-order valence-electron chi connectivity index (χ0n) is 22.3. The molecule has 1 aliphatic rings. The van der Waals surface area contributed by atoms with Crippen LogP contribution in [0.4, 0.5) is 5.82 Å². The quantitative estimate of drug-likeness (QED) is 0.348. The Morgan fingerprint density at radius 1 is 0.921 bits per heavy atom. The number of aliphatic hydroxyl groups excluding tert-OH is 1. The fraction of sp³-hybridized carbons (Fsp3) is 0.429. The molecular formula is C28H34N6O4. The van der Waals surface area contributed by atoms with Crippen molar-refractivity contribution in [3.05, 3.63) is 59.4 Å². The van der Waals surface area contributed by atoms with Crippen molar-refractivity contribution >= 4 is 17.0 Å². The summed E-state index contributed by atoms with van der Waals surface area (Å²) in [5.74, 6) is 2.88. The fourth-order valence-corrected chi connectivity index (χ4v) is 5.17. The van der Waals surface area contributed by atoms with Crippen molar-refractivity contribution in [2.75, 3.05) is 26.2 Å². The number of aliphatic hydroxyl groups is 1. The van der Waals surface area contributed by atoms with Crippen LogP contribution in [0.5, 0.6) is 17.2 Å². The van der Waals surface area contributed by atoms with Gasteiger partial charge in [-0.1, -0.05) is 30.2 Å². The van der Waals surface area contributed by atoms with E-state index in [-0.39, 0.29) is 6.04 Å². The van der Waals surface area contributed by atoms with E-state index in [4.69, 9.17) is 14.2 Å². The molecule has 38 heavy (non-hydrogen) atoms. The van der Waals surface area contributed by atoms with Gasteiger partial charge >= 0.3 is 0 Å². The van der Waals surface area contributed by atoms with E-state index in [1.165, 1.54) is 6.33 Å². The number of fused-ring (bicyclic) bond motifs is 1. The Morgan fingerprint density at radius 3 is 2.34 bits per heavy atom. The van der Waals surface area contributed by atoms with Gasteiger partial charge in [0.05, 0.1) is 33.5 Å². The molecular weight excluding hydrogens is 484 g/mol. The Hall–Kier alpha value is -3.92. The lowest BCUT2D eigenvalue weighted by molar-refractivity contribution is 0.0703. The van der Waals surface area contributed by atoms with E-state index in [0.717, 1.165) is 53.9 Å². The maximum absolute atomic E-state index is 10.7. The number of ether oxygens (including phenoxy) is 3. The Labute approximate surface area is 222 Å². The molecule has 2 unspecified atom stereocenters. The van der Waals surface area contributed by atoms with Crippen molar-refractivity contribution in [2.24, 2.45) is 0 Å². The molecule has 2 atom stereocenters. The van der Waals surface area contributed by atoms with Gasteiger partial charge in [0, 0.05) is 30.3 Å². The van der Waals surface area contributed by atoms with E-state index in [9.17, 15) is 5.11 Å². The van der Waals surface area contributed by atoms with Crippen LogP contribution < -0.4 is 19.1 Å². The average molecular weight is 519 g/mol. The lowest BCUT2D eigenvalue weighted by atomic mass is 9.93. The minimum absolute atomic E-state index is 0.149. The van der Waals surface area contributed by atoms with Gasteiger partial charge in [0.25, 0.3) is 0 Å². The molecule has 5 rings (SSSR count). The van der Waals surface area contributed by atoms with Crippen LogP contribution in [0.2, 0.25) is 0 Å². The predicted octanol–water partition coefficient (Wildman–Crippen LogP) is 4.24. The summed E-state index contributed by atoms with van der Waals surface area (Å²) in [5.41, 5.74) is 4.29. The number of anilines is 1. The standard InChI is InChI=1S/C28H34N6O4/c1-18-9-10-19(24(13-18)37-3)15-33(16-20-11-12-21(36-2)14-25(20)38-4)27-26-28(30-17-29-27)34(32-31-26)22-7-5-6-8-23(22)35/h9-14,17,22-23,35H,5-8,15-16H2,1-4H3. The normalized spacial score (nSPS) is 17.4. The molecule has 200 valence electrons. The molecule has 1 saturated carbocycles.